The van der Waals surface area contributed by atoms with Crippen LogP contribution in [0, 0.1) is 5.41 Å². The molecule has 1 rings (SSSR count). The van der Waals surface area contributed by atoms with Crippen LogP contribution in [0.5, 0.6) is 0 Å². The molecule has 80 valence electrons. The summed E-state index contributed by atoms with van der Waals surface area (Å²) >= 11 is 0. The van der Waals surface area contributed by atoms with Crippen LogP contribution in [0.3, 0.4) is 0 Å². The molecule has 1 unspecified atom stereocenters. The lowest BCUT2D eigenvalue weighted by Gasteiger charge is -2.33. The number of rotatable bonds is 2. The average molecular weight is 193 g/mol. The molecule has 0 spiro atoms. The van der Waals surface area contributed by atoms with Crippen molar-refractivity contribution in [1.29, 1.82) is 0 Å². The van der Waals surface area contributed by atoms with Crippen LogP contribution in [0.1, 0.15) is 40.0 Å². The molecule has 1 saturated heterocycles. The third kappa shape index (κ3) is 5.19. The van der Waals surface area contributed by atoms with E-state index in [9.17, 15) is 8.78 Å². The Morgan fingerprint density at radius 3 is 2.38 bits per heavy atom. The lowest BCUT2D eigenvalue weighted by atomic mass is 9.80. The smallest absolute Gasteiger partial charge is 0.239 e. The molecule has 0 radical (unpaired) electrons. The summed E-state index contributed by atoms with van der Waals surface area (Å²) in [7, 11) is 0. The molecule has 0 aromatic heterocycles. The van der Waals surface area contributed by atoms with E-state index >= 15 is 0 Å². The van der Waals surface area contributed by atoms with Gasteiger partial charge >= 0.3 is 0 Å². The van der Waals surface area contributed by atoms with Crippen LogP contribution in [0.15, 0.2) is 0 Å². The fourth-order valence-electron chi connectivity index (χ4n) is 1.67. The maximum atomic E-state index is 12.0. The van der Waals surface area contributed by atoms with E-state index in [1.807, 2.05) is 20.8 Å². The van der Waals surface area contributed by atoms with Crippen molar-refractivity contribution in [3.8, 4) is 0 Å². The molecule has 0 bridgehead atoms. The second-order valence-corrected chi connectivity index (χ2v) is 3.69. The van der Waals surface area contributed by atoms with Gasteiger partial charge < -0.3 is 5.32 Å². The molecule has 0 aromatic carbocycles. The van der Waals surface area contributed by atoms with E-state index in [4.69, 9.17) is 0 Å². The Kier molecular flexibility index (Phi) is 6.21. The van der Waals surface area contributed by atoms with E-state index < -0.39 is 6.43 Å². The van der Waals surface area contributed by atoms with Gasteiger partial charge in [0.25, 0.3) is 0 Å². The molecule has 13 heavy (non-hydrogen) atoms. The summed E-state index contributed by atoms with van der Waals surface area (Å²) in [5.41, 5.74) is -0.160. The quantitative estimate of drug-likeness (QED) is 0.710. The van der Waals surface area contributed by atoms with Gasteiger partial charge in [-0.05, 0) is 24.8 Å². The standard InChI is InChI=1S/C8H15F2N.C2H6/c1-8(5-7(9)10)3-2-4-11-6-8;1-2/h7,11H,2-6H2,1H3;1-2H3. The predicted octanol–water partition coefficient (Wildman–Crippen LogP) is 3.06. The van der Waals surface area contributed by atoms with Crippen molar-refractivity contribution in [2.75, 3.05) is 13.1 Å². The maximum absolute atomic E-state index is 12.0. The van der Waals surface area contributed by atoms with Crippen molar-refractivity contribution < 1.29 is 8.78 Å². The maximum Gasteiger partial charge on any atom is 0.239 e. The van der Waals surface area contributed by atoms with Gasteiger partial charge in [0.05, 0.1) is 0 Å². The third-order valence-electron chi connectivity index (χ3n) is 2.33. The number of piperidine rings is 1. The van der Waals surface area contributed by atoms with Gasteiger partial charge in [0.2, 0.25) is 6.43 Å². The highest BCUT2D eigenvalue weighted by Gasteiger charge is 2.29. The van der Waals surface area contributed by atoms with Crippen molar-refractivity contribution >= 4 is 0 Å². The van der Waals surface area contributed by atoms with E-state index in [1.165, 1.54) is 0 Å². The first-order valence-electron chi connectivity index (χ1n) is 5.11. The average Bonchev–Trinajstić information content (AvgIpc) is 2.07. The van der Waals surface area contributed by atoms with E-state index in [1.54, 1.807) is 0 Å². The molecule has 1 aliphatic heterocycles. The van der Waals surface area contributed by atoms with Gasteiger partial charge in [-0.25, -0.2) is 8.78 Å². The topological polar surface area (TPSA) is 12.0 Å². The first-order chi connectivity index (χ1) is 6.12. The van der Waals surface area contributed by atoms with Crippen molar-refractivity contribution in [2.24, 2.45) is 5.41 Å². The summed E-state index contributed by atoms with van der Waals surface area (Å²) in [4.78, 5) is 0. The Morgan fingerprint density at radius 2 is 2.00 bits per heavy atom. The molecule has 1 atom stereocenters. The van der Waals surface area contributed by atoms with Crippen molar-refractivity contribution in [2.45, 2.75) is 46.5 Å². The summed E-state index contributed by atoms with van der Waals surface area (Å²) in [6.07, 6.45) is -0.145. The van der Waals surface area contributed by atoms with Crippen LogP contribution in [0.4, 0.5) is 8.78 Å². The Balaban J connectivity index is 0.000000671. The monoisotopic (exact) mass is 193 g/mol. The van der Waals surface area contributed by atoms with Crippen LogP contribution < -0.4 is 5.32 Å². The summed E-state index contributed by atoms with van der Waals surface area (Å²) in [6, 6.07) is 0. The minimum Gasteiger partial charge on any atom is -0.316 e. The van der Waals surface area contributed by atoms with Crippen LogP contribution in [-0.2, 0) is 0 Å². The van der Waals surface area contributed by atoms with E-state index in [-0.39, 0.29) is 11.8 Å². The molecule has 1 heterocycles. The van der Waals surface area contributed by atoms with Crippen molar-refractivity contribution in [3.63, 3.8) is 0 Å². The first-order valence-corrected chi connectivity index (χ1v) is 5.11. The number of halogens is 2. The number of hydrogen-bond acceptors (Lipinski definition) is 1. The highest BCUT2D eigenvalue weighted by Crippen LogP contribution is 2.31. The highest BCUT2D eigenvalue weighted by molar-refractivity contribution is 4.81. The van der Waals surface area contributed by atoms with Gasteiger partial charge in [-0.1, -0.05) is 20.8 Å². The second-order valence-electron chi connectivity index (χ2n) is 3.69. The minimum absolute atomic E-state index is 0.0417. The fourth-order valence-corrected chi connectivity index (χ4v) is 1.67. The molecular weight excluding hydrogens is 172 g/mol. The first kappa shape index (κ1) is 12.8. The molecule has 3 heteroatoms. The Labute approximate surface area is 79.9 Å². The zero-order valence-corrected chi connectivity index (χ0v) is 8.87. The summed E-state index contributed by atoms with van der Waals surface area (Å²) in [6.45, 7) is 7.67. The van der Waals surface area contributed by atoms with Gasteiger partial charge in [0, 0.05) is 13.0 Å². The zero-order chi connectivity index (χ0) is 10.3. The van der Waals surface area contributed by atoms with Crippen LogP contribution in [0.25, 0.3) is 0 Å². The van der Waals surface area contributed by atoms with Crippen molar-refractivity contribution in [3.05, 3.63) is 0 Å². The van der Waals surface area contributed by atoms with Gasteiger partial charge in [-0.15, -0.1) is 0 Å². The van der Waals surface area contributed by atoms with Gasteiger partial charge in [0.1, 0.15) is 0 Å². The molecule has 1 fully saturated rings. The summed E-state index contributed by atoms with van der Waals surface area (Å²) in [5.74, 6) is 0. The number of hydrogen-bond donors (Lipinski definition) is 1. The Bertz CT molecular complexity index is 120. The lowest BCUT2D eigenvalue weighted by molar-refractivity contribution is 0.0663. The van der Waals surface area contributed by atoms with E-state index in [2.05, 4.69) is 5.32 Å². The Hall–Kier alpha value is -0.180. The number of alkyl halides is 2. The Morgan fingerprint density at radius 1 is 1.38 bits per heavy atom. The zero-order valence-electron chi connectivity index (χ0n) is 8.87. The molecule has 1 nitrogen and oxygen atoms in total. The third-order valence-corrected chi connectivity index (χ3v) is 2.33. The van der Waals surface area contributed by atoms with Crippen molar-refractivity contribution in [1.82, 2.24) is 5.32 Å². The molecule has 1 N–H and O–H groups in total. The lowest BCUT2D eigenvalue weighted by Crippen LogP contribution is -2.39. The van der Waals surface area contributed by atoms with Crippen LogP contribution >= 0.6 is 0 Å². The fraction of sp³-hybridized carbons (Fsp3) is 1.00. The largest absolute Gasteiger partial charge is 0.316 e. The van der Waals surface area contributed by atoms with Gasteiger partial charge in [0.15, 0.2) is 0 Å². The van der Waals surface area contributed by atoms with Crippen LogP contribution in [-0.4, -0.2) is 19.5 Å². The molecule has 1 aliphatic rings. The predicted molar refractivity (Wildman–Crippen MR) is 52.2 cm³/mol. The highest BCUT2D eigenvalue weighted by atomic mass is 19.3. The van der Waals surface area contributed by atoms with Gasteiger partial charge in [-0.3, -0.25) is 0 Å². The summed E-state index contributed by atoms with van der Waals surface area (Å²) in [5, 5.41) is 3.15. The number of nitrogens with one attached hydrogen (secondary N) is 1. The molecule has 0 aromatic rings. The SMILES string of the molecule is CC.CC1(CC(F)F)CCCNC1. The minimum atomic E-state index is -2.15. The normalized spacial score (nSPS) is 28.2. The molecule has 0 amide bonds. The molecular formula is C10H21F2N. The van der Waals surface area contributed by atoms with E-state index in [0.717, 1.165) is 25.9 Å². The van der Waals surface area contributed by atoms with Crippen LogP contribution in [0.2, 0.25) is 0 Å². The molecule has 0 aliphatic carbocycles. The van der Waals surface area contributed by atoms with E-state index in [0.29, 0.717) is 0 Å². The summed E-state index contributed by atoms with van der Waals surface area (Å²) < 4.78 is 24.1. The second kappa shape index (κ2) is 6.30. The molecule has 0 saturated carbocycles. The van der Waals surface area contributed by atoms with Gasteiger partial charge in [-0.2, -0.15) is 0 Å².